The first-order valence-corrected chi connectivity index (χ1v) is 7.81. The summed E-state index contributed by atoms with van der Waals surface area (Å²) in [6, 6.07) is 7.22. The largest absolute Gasteiger partial charge is 0.493 e. The number of hydrogen-bond acceptors (Lipinski definition) is 3. The Morgan fingerprint density at radius 1 is 1.26 bits per heavy atom. The van der Waals surface area contributed by atoms with Crippen LogP contribution in [0.1, 0.15) is 37.8 Å². The highest BCUT2D eigenvalue weighted by Crippen LogP contribution is 2.35. The van der Waals surface area contributed by atoms with Crippen LogP contribution >= 0.6 is 15.9 Å². The van der Waals surface area contributed by atoms with Crippen LogP contribution in [0.15, 0.2) is 22.7 Å². The van der Waals surface area contributed by atoms with E-state index in [0.717, 1.165) is 42.7 Å². The van der Waals surface area contributed by atoms with Gasteiger partial charge in [0.15, 0.2) is 0 Å². The lowest BCUT2D eigenvalue weighted by atomic mass is 9.97. The van der Waals surface area contributed by atoms with E-state index in [1.165, 1.54) is 5.56 Å². The molecule has 1 saturated heterocycles. The third-order valence-electron chi connectivity index (χ3n) is 3.93. The Labute approximate surface area is 122 Å². The molecule has 0 amide bonds. The maximum atomic E-state index is 5.73. The third kappa shape index (κ3) is 3.12. The summed E-state index contributed by atoms with van der Waals surface area (Å²) in [6.07, 6.45) is 3.61. The minimum absolute atomic E-state index is 0.369. The summed E-state index contributed by atoms with van der Waals surface area (Å²) in [5.41, 5.74) is 1.28. The van der Waals surface area contributed by atoms with Gasteiger partial charge >= 0.3 is 0 Å². The second-order valence-electron chi connectivity index (χ2n) is 5.44. The first-order chi connectivity index (χ1) is 9.22. The highest BCUT2D eigenvalue weighted by molar-refractivity contribution is 9.10. The van der Waals surface area contributed by atoms with Crippen LogP contribution in [0.5, 0.6) is 5.75 Å². The molecule has 2 aliphatic rings. The smallest absolute Gasteiger partial charge is 0.124 e. The first kappa shape index (κ1) is 13.4. The average Bonchev–Trinajstić information content (AvgIpc) is 2.39. The van der Waals surface area contributed by atoms with E-state index in [4.69, 9.17) is 9.47 Å². The van der Waals surface area contributed by atoms with Gasteiger partial charge in [0, 0.05) is 35.1 Å². The van der Waals surface area contributed by atoms with Gasteiger partial charge in [-0.25, -0.2) is 0 Å². The van der Waals surface area contributed by atoms with Crippen molar-refractivity contribution in [2.24, 2.45) is 0 Å². The Morgan fingerprint density at radius 2 is 2.16 bits per heavy atom. The molecule has 1 N–H and O–H groups in total. The van der Waals surface area contributed by atoms with Gasteiger partial charge in [-0.05, 0) is 38.0 Å². The number of ether oxygens (including phenoxy) is 2. The highest BCUT2D eigenvalue weighted by atomic mass is 79.9. The molecule has 0 aromatic heterocycles. The van der Waals surface area contributed by atoms with Crippen LogP contribution in [0.25, 0.3) is 0 Å². The van der Waals surface area contributed by atoms with Gasteiger partial charge in [-0.3, -0.25) is 0 Å². The predicted molar refractivity (Wildman–Crippen MR) is 78.6 cm³/mol. The van der Waals surface area contributed by atoms with E-state index >= 15 is 0 Å². The number of benzene rings is 1. The molecule has 0 radical (unpaired) electrons. The van der Waals surface area contributed by atoms with Gasteiger partial charge < -0.3 is 14.8 Å². The quantitative estimate of drug-likeness (QED) is 0.903. The molecule has 3 atom stereocenters. The molecule has 1 fully saturated rings. The molecule has 0 saturated carbocycles. The van der Waals surface area contributed by atoms with Gasteiger partial charge in [0.05, 0.1) is 12.7 Å². The Balaban J connectivity index is 1.74. The summed E-state index contributed by atoms with van der Waals surface area (Å²) in [6.45, 7) is 3.82. The van der Waals surface area contributed by atoms with Crippen LogP contribution in [0, 0.1) is 0 Å². The number of hydrogen-bond donors (Lipinski definition) is 1. The predicted octanol–water partition coefficient (Wildman–Crippen LogP) is 3.43. The van der Waals surface area contributed by atoms with E-state index < -0.39 is 0 Å². The van der Waals surface area contributed by atoms with Crippen molar-refractivity contribution in [1.82, 2.24) is 5.32 Å². The van der Waals surface area contributed by atoms with Gasteiger partial charge in [-0.1, -0.05) is 15.9 Å². The van der Waals surface area contributed by atoms with E-state index in [-0.39, 0.29) is 0 Å². The molecule has 2 aliphatic heterocycles. The van der Waals surface area contributed by atoms with Crippen molar-refractivity contribution in [3.63, 3.8) is 0 Å². The van der Waals surface area contributed by atoms with E-state index in [9.17, 15) is 0 Å². The first-order valence-electron chi connectivity index (χ1n) is 7.02. The van der Waals surface area contributed by atoms with Gasteiger partial charge in [0.2, 0.25) is 0 Å². The standard InChI is InChI=1S/C15H20BrNO2/c1-10-8-12(4-6-18-10)17-14-5-7-19-15-3-2-11(16)9-13(14)15/h2-3,9-10,12,14,17H,4-8H2,1H3. The van der Waals surface area contributed by atoms with E-state index in [1.807, 2.05) is 6.07 Å². The van der Waals surface area contributed by atoms with E-state index in [1.54, 1.807) is 0 Å². The van der Waals surface area contributed by atoms with Crippen LogP contribution in [0.3, 0.4) is 0 Å². The van der Waals surface area contributed by atoms with Crippen LogP contribution in [-0.4, -0.2) is 25.4 Å². The maximum absolute atomic E-state index is 5.73. The minimum Gasteiger partial charge on any atom is -0.493 e. The molecule has 0 bridgehead atoms. The fourth-order valence-corrected chi connectivity index (χ4v) is 3.35. The van der Waals surface area contributed by atoms with Gasteiger partial charge in [0.25, 0.3) is 0 Å². The van der Waals surface area contributed by atoms with Crippen LogP contribution in [0.4, 0.5) is 0 Å². The molecular formula is C15H20BrNO2. The van der Waals surface area contributed by atoms with Gasteiger partial charge in [-0.2, -0.15) is 0 Å². The number of fused-ring (bicyclic) bond motifs is 1. The minimum atomic E-state index is 0.369. The van der Waals surface area contributed by atoms with Gasteiger partial charge in [-0.15, -0.1) is 0 Å². The zero-order valence-electron chi connectivity index (χ0n) is 11.2. The topological polar surface area (TPSA) is 30.5 Å². The molecule has 3 unspecified atom stereocenters. The molecule has 2 heterocycles. The lowest BCUT2D eigenvalue weighted by molar-refractivity contribution is 0.0102. The molecule has 19 heavy (non-hydrogen) atoms. The average molecular weight is 326 g/mol. The second kappa shape index (κ2) is 5.81. The van der Waals surface area contributed by atoms with Crippen molar-refractivity contribution in [2.45, 2.75) is 44.4 Å². The van der Waals surface area contributed by atoms with Crippen LogP contribution in [-0.2, 0) is 4.74 Å². The van der Waals surface area contributed by atoms with Crippen molar-refractivity contribution in [2.75, 3.05) is 13.2 Å². The van der Waals surface area contributed by atoms with Crippen molar-refractivity contribution in [3.05, 3.63) is 28.2 Å². The monoisotopic (exact) mass is 325 g/mol. The summed E-state index contributed by atoms with van der Waals surface area (Å²) in [7, 11) is 0. The molecule has 0 aliphatic carbocycles. The van der Waals surface area contributed by atoms with E-state index in [0.29, 0.717) is 18.2 Å². The normalized spacial score (nSPS) is 30.5. The number of nitrogens with one attached hydrogen (secondary N) is 1. The summed E-state index contributed by atoms with van der Waals surface area (Å²) >= 11 is 3.55. The molecule has 1 aromatic carbocycles. The van der Waals surface area contributed by atoms with Crippen molar-refractivity contribution >= 4 is 15.9 Å². The summed E-state index contributed by atoms with van der Waals surface area (Å²) in [5.74, 6) is 1.02. The highest BCUT2D eigenvalue weighted by Gasteiger charge is 2.26. The molecule has 3 nitrogen and oxygen atoms in total. The van der Waals surface area contributed by atoms with E-state index in [2.05, 4.69) is 40.3 Å². The molecule has 0 spiro atoms. The number of rotatable bonds is 2. The fraction of sp³-hybridized carbons (Fsp3) is 0.600. The van der Waals surface area contributed by atoms with Crippen LogP contribution in [0.2, 0.25) is 0 Å². The second-order valence-corrected chi connectivity index (χ2v) is 6.36. The Hall–Kier alpha value is -0.580. The zero-order valence-corrected chi connectivity index (χ0v) is 12.8. The van der Waals surface area contributed by atoms with Gasteiger partial charge in [0.1, 0.15) is 5.75 Å². The van der Waals surface area contributed by atoms with Crippen molar-refractivity contribution in [3.8, 4) is 5.75 Å². The molecule has 104 valence electrons. The molecule has 4 heteroatoms. The maximum Gasteiger partial charge on any atom is 0.124 e. The Kier molecular flexibility index (Phi) is 4.10. The third-order valence-corrected chi connectivity index (χ3v) is 4.43. The molecule has 1 aromatic rings. The Morgan fingerprint density at radius 3 is 3.00 bits per heavy atom. The van der Waals surface area contributed by atoms with Crippen LogP contribution < -0.4 is 10.1 Å². The summed E-state index contributed by atoms with van der Waals surface area (Å²) in [5, 5.41) is 3.79. The lowest BCUT2D eigenvalue weighted by Crippen LogP contribution is -2.41. The summed E-state index contributed by atoms with van der Waals surface area (Å²) in [4.78, 5) is 0. The van der Waals surface area contributed by atoms with Crippen molar-refractivity contribution in [1.29, 1.82) is 0 Å². The molecular weight excluding hydrogens is 306 g/mol. The SMILES string of the molecule is CC1CC(NC2CCOc3ccc(Br)cc32)CCO1. The summed E-state index contributed by atoms with van der Waals surface area (Å²) < 4.78 is 12.5. The molecule has 3 rings (SSSR count). The van der Waals surface area contributed by atoms with Crippen molar-refractivity contribution < 1.29 is 9.47 Å². The number of halogens is 1. The zero-order chi connectivity index (χ0) is 13.2. The fourth-order valence-electron chi connectivity index (χ4n) is 2.97. The lowest BCUT2D eigenvalue weighted by Gasteiger charge is -2.34. The Bertz CT molecular complexity index is 452.